The number of nitrogens with one attached hydrogen (secondary N) is 1. The van der Waals surface area contributed by atoms with Crippen molar-refractivity contribution in [2.45, 2.75) is 25.4 Å². The highest BCUT2D eigenvalue weighted by molar-refractivity contribution is 5.92. The Morgan fingerprint density at radius 3 is 3.05 bits per heavy atom. The van der Waals surface area contributed by atoms with E-state index in [4.69, 9.17) is 5.73 Å². The summed E-state index contributed by atoms with van der Waals surface area (Å²) in [4.78, 5) is 13.4. The molecule has 2 saturated heterocycles. The number of nitrogens with zero attached hydrogens (tertiary/aromatic N) is 1. The molecular weight excluding hydrogens is 257 g/mol. The Labute approximate surface area is 118 Å². The summed E-state index contributed by atoms with van der Waals surface area (Å²) in [6.45, 7) is 3.57. The van der Waals surface area contributed by atoms with E-state index in [0.717, 1.165) is 19.6 Å². The van der Waals surface area contributed by atoms with Gasteiger partial charge in [0, 0.05) is 36.8 Å². The van der Waals surface area contributed by atoms with E-state index in [2.05, 4.69) is 10.2 Å². The number of nitrogens with two attached hydrogens (primary N) is 1. The van der Waals surface area contributed by atoms with Gasteiger partial charge in [-0.2, -0.15) is 0 Å². The summed E-state index contributed by atoms with van der Waals surface area (Å²) in [5, 5.41) is 3.53. The first-order chi connectivity index (χ1) is 9.63. The predicted octanol–water partition coefficient (Wildman–Crippen LogP) is 1.11. The van der Waals surface area contributed by atoms with Gasteiger partial charge in [0.05, 0.1) is 0 Å². The van der Waals surface area contributed by atoms with Crippen LogP contribution in [0.25, 0.3) is 0 Å². The molecule has 2 aliphatic rings. The van der Waals surface area contributed by atoms with Crippen LogP contribution in [-0.4, -0.2) is 36.5 Å². The van der Waals surface area contributed by atoms with Gasteiger partial charge in [-0.05, 0) is 43.5 Å². The molecule has 4 nitrogen and oxygen atoms in total. The van der Waals surface area contributed by atoms with Gasteiger partial charge >= 0.3 is 0 Å². The lowest BCUT2D eigenvalue weighted by Gasteiger charge is -2.24. The molecular formula is C15H20FN3O. The van der Waals surface area contributed by atoms with Crippen molar-refractivity contribution in [1.82, 2.24) is 10.2 Å². The molecule has 1 aromatic carbocycles. The standard InChI is InChI=1S/C15H20FN3O/c16-13-4-3-10(15(17)20)6-12(13)8-19-7-11-2-1-5-18-14(11)9-19/h3-4,6,11,14,18H,1-2,5,7-9H2,(H2,17,20)/t11-,14+/m0/s1. The SMILES string of the molecule is NC(=O)c1ccc(F)c(CN2C[C@@H]3CCCN[C@@H]3C2)c1. The number of carbonyl (C=O) groups is 1. The molecule has 0 aliphatic carbocycles. The van der Waals surface area contributed by atoms with E-state index in [1.165, 1.54) is 25.0 Å². The lowest BCUT2D eigenvalue weighted by atomic mass is 9.94. The molecule has 1 aromatic rings. The number of carbonyl (C=O) groups excluding carboxylic acids is 1. The molecule has 2 heterocycles. The van der Waals surface area contributed by atoms with Gasteiger partial charge in [-0.1, -0.05) is 0 Å². The number of benzene rings is 1. The topological polar surface area (TPSA) is 58.4 Å². The van der Waals surface area contributed by atoms with Gasteiger partial charge in [-0.15, -0.1) is 0 Å². The summed E-state index contributed by atoms with van der Waals surface area (Å²) in [6.07, 6.45) is 2.47. The summed E-state index contributed by atoms with van der Waals surface area (Å²) >= 11 is 0. The van der Waals surface area contributed by atoms with E-state index in [-0.39, 0.29) is 5.82 Å². The number of primary amides is 1. The van der Waals surface area contributed by atoms with E-state index in [0.29, 0.717) is 29.6 Å². The highest BCUT2D eigenvalue weighted by atomic mass is 19.1. The first-order valence-electron chi connectivity index (χ1n) is 7.17. The number of rotatable bonds is 3. The number of halogens is 1. The fourth-order valence-corrected chi connectivity index (χ4v) is 3.36. The van der Waals surface area contributed by atoms with Crippen LogP contribution < -0.4 is 11.1 Å². The average molecular weight is 277 g/mol. The summed E-state index contributed by atoms with van der Waals surface area (Å²) in [6, 6.07) is 4.88. The zero-order valence-corrected chi connectivity index (χ0v) is 11.4. The van der Waals surface area contributed by atoms with Gasteiger partial charge in [0.1, 0.15) is 5.82 Å². The lowest BCUT2D eigenvalue weighted by Crippen LogP contribution is -2.40. The average Bonchev–Trinajstić information content (AvgIpc) is 2.83. The molecule has 2 atom stereocenters. The Kier molecular flexibility index (Phi) is 3.72. The van der Waals surface area contributed by atoms with Gasteiger partial charge in [0.15, 0.2) is 0 Å². The van der Waals surface area contributed by atoms with Crippen molar-refractivity contribution in [2.24, 2.45) is 11.7 Å². The Bertz CT molecular complexity index is 506. The van der Waals surface area contributed by atoms with E-state index >= 15 is 0 Å². The van der Waals surface area contributed by atoms with Gasteiger partial charge in [-0.3, -0.25) is 9.69 Å². The van der Waals surface area contributed by atoms with Gasteiger partial charge in [0.25, 0.3) is 0 Å². The number of piperidine rings is 1. The van der Waals surface area contributed by atoms with Crippen LogP contribution in [-0.2, 0) is 6.54 Å². The third-order valence-electron chi connectivity index (χ3n) is 4.40. The number of hydrogen-bond acceptors (Lipinski definition) is 3. The molecule has 108 valence electrons. The van der Waals surface area contributed by atoms with Gasteiger partial charge in [0.2, 0.25) is 5.91 Å². The smallest absolute Gasteiger partial charge is 0.248 e. The first-order valence-corrected chi connectivity index (χ1v) is 7.17. The second-order valence-electron chi connectivity index (χ2n) is 5.83. The molecule has 0 bridgehead atoms. The Balaban J connectivity index is 1.71. The molecule has 0 unspecified atom stereocenters. The largest absolute Gasteiger partial charge is 0.366 e. The molecule has 2 aliphatic heterocycles. The Morgan fingerprint density at radius 2 is 2.30 bits per heavy atom. The molecule has 3 rings (SSSR count). The first kappa shape index (κ1) is 13.5. The second-order valence-corrected chi connectivity index (χ2v) is 5.83. The molecule has 0 spiro atoms. The molecule has 5 heteroatoms. The van der Waals surface area contributed by atoms with E-state index < -0.39 is 5.91 Å². The maximum atomic E-state index is 13.9. The van der Waals surface area contributed by atoms with Gasteiger partial charge in [-0.25, -0.2) is 4.39 Å². The maximum absolute atomic E-state index is 13.9. The fourth-order valence-electron chi connectivity index (χ4n) is 3.36. The number of amides is 1. The third-order valence-corrected chi connectivity index (χ3v) is 4.40. The van der Waals surface area contributed by atoms with Crippen LogP contribution in [0.5, 0.6) is 0 Å². The van der Waals surface area contributed by atoms with Crippen LogP contribution in [0.4, 0.5) is 4.39 Å². The quantitative estimate of drug-likeness (QED) is 0.870. The summed E-state index contributed by atoms with van der Waals surface area (Å²) in [5.74, 6) is -0.105. The summed E-state index contributed by atoms with van der Waals surface area (Å²) in [7, 11) is 0. The van der Waals surface area contributed by atoms with Crippen LogP contribution >= 0.6 is 0 Å². The van der Waals surface area contributed by atoms with Crippen LogP contribution in [0.3, 0.4) is 0 Å². The summed E-state index contributed by atoms with van der Waals surface area (Å²) < 4.78 is 13.9. The second kappa shape index (κ2) is 5.50. The van der Waals surface area contributed by atoms with Crippen molar-refractivity contribution in [3.8, 4) is 0 Å². The maximum Gasteiger partial charge on any atom is 0.248 e. The lowest BCUT2D eigenvalue weighted by molar-refractivity contribution is 0.1000. The Morgan fingerprint density at radius 1 is 1.45 bits per heavy atom. The molecule has 2 fully saturated rings. The summed E-state index contributed by atoms with van der Waals surface area (Å²) in [5.41, 5.74) is 6.18. The van der Waals surface area contributed by atoms with E-state index in [9.17, 15) is 9.18 Å². The molecule has 3 N–H and O–H groups in total. The van der Waals surface area contributed by atoms with Crippen molar-refractivity contribution in [3.05, 3.63) is 35.1 Å². The molecule has 0 saturated carbocycles. The number of fused-ring (bicyclic) bond motifs is 1. The molecule has 1 amide bonds. The normalized spacial score (nSPS) is 26.4. The highest BCUT2D eigenvalue weighted by Crippen LogP contribution is 2.26. The van der Waals surface area contributed by atoms with E-state index in [1.807, 2.05) is 0 Å². The van der Waals surface area contributed by atoms with Crippen molar-refractivity contribution >= 4 is 5.91 Å². The van der Waals surface area contributed by atoms with Crippen molar-refractivity contribution in [3.63, 3.8) is 0 Å². The molecule has 20 heavy (non-hydrogen) atoms. The fraction of sp³-hybridized carbons (Fsp3) is 0.533. The zero-order valence-electron chi connectivity index (χ0n) is 11.4. The highest BCUT2D eigenvalue weighted by Gasteiger charge is 2.34. The monoisotopic (exact) mass is 277 g/mol. The van der Waals surface area contributed by atoms with Gasteiger partial charge < -0.3 is 11.1 Å². The minimum atomic E-state index is -0.511. The Hall–Kier alpha value is -1.46. The molecule has 0 radical (unpaired) electrons. The number of hydrogen-bond donors (Lipinski definition) is 2. The van der Waals surface area contributed by atoms with Crippen molar-refractivity contribution in [2.75, 3.05) is 19.6 Å². The number of likely N-dealkylation sites (tertiary alicyclic amines) is 1. The van der Waals surface area contributed by atoms with Crippen LogP contribution in [0.2, 0.25) is 0 Å². The zero-order chi connectivity index (χ0) is 14.1. The molecule has 0 aromatic heterocycles. The van der Waals surface area contributed by atoms with Crippen LogP contribution in [0.15, 0.2) is 18.2 Å². The minimum absolute atomic E-state index is 0.266. The van der Waals surface area contributed by atoms with Crippen molar-refractivity contribution in [1.29, 1.82) is 0 Å². The van der Waals surface area contributed by atoms with E-state index in [1.54, 1.807) is 6.07 Å². The minimum Gasteiger partial charge on any atom is -0.366 e. The third kappa shape index (κ3) is 2.69. The van der Waals surface area contributed by atoms with Crippen LogP contribution in [0.1, 0.15) is 28.8 Å². The van der Waals surface area contributed by atoms with Crippen LogP contribution in [0, 0.1) is 11.7 Å². The van der Waals surface area contributed by atoms with Crippen molar-refractivity contribution < 1.29 is 9.18 Å². The predicted molar refractivity (Wildman–Crippen MR) is 74.7 cm³/mol.